The minimum atomic E-state index is 0.330. The van der Waals surface area contributed by atoms with Crippen LogP contribution < -0.4 is 0 Å². The van der Waals surface area contributed by atoms with Crippen molar-refractivity contribution in [1.29, 1.82) is 0 Å². The Morgan fingerprint density at radius 3 is 2.29 bits per heavy atom. The molecule has 1 rings (SSSR count). The highest BCUT2D eigenvalue weighted by Gasteiger charge is 2.16. The van der Waals surface area contributed by atoms with Gasteiger partial charge in [0.05, 0.1) is 0 Å². The summed E-state index contributed by atoms with van der Waals surface area (Å²) in [5, 5.41) is 0. The third-order valence-electron chi connectivity index (χ3n) is 2.50. The highest BCUT2D eigenvalue weighted by molar-refractivity contribution is 5.22. The van der Waals surface area contributed by atoms with Crippen LogP contribution in [0, 0.1) is 12.3 Å². The van der Waals surface area contributed by atoms with Gasteiger partial charge in [-0.15, -0.1) is 6.58 Å². The Bertz CT molecular complexity index is 290. The van der Waals surface area contributed by atoms with Crippen LogP contribution in [0.25, 0.3) is 0 Å². The van der Waals surface area contributed by atoms with Gasteiger partial charge < -0.3 is 0 Å². The van der Waals surface area contributed by atoms with E-state index < -0.39 is 0 Å². The van der Waals surface area contributed by atoms with Gasteiger partial charge in [0.2, 0.25) is 0 Å². The second-order valence-electron chi connectivity index (χ2n) is 4.82. The molecule has 0 atom stereocenters. The van der Waals surface area contributed by atoms with Crippen molar-refractivity contribution in [1.82, 2.24) is 0 Å². The van der Waals surface area contributed by atoms with Crippen molar-refractivity contribution in [2.24, 2.45) is 5.41 Å². The van der Waals surface area contributed by atoms with Gasteiger partial charge >= 0.3 is 0 Å². The predicted octanol–water partition coefficient (Wildman–Crippen LogP) is 4.14. The molecule has 0 N–H and O–H groups in total. The zero-order valence-electron chi connectivity index (χ0n) is 9.51. The SMILES string of the molecule is C=CCC(C)(C)Cc1ccc(C)cc1. The Morgan fingerprint density at radius 2 is 1.79 bits per heavy atom. The molecule has 0 amide bonds. The first kappa shape index (κ1) is 11.0. The van der Waals surface area contributed by atoms with E-state index in [0.29, 0.717) is 5.41 Å². The average molecular weight is 188 g/mol. The summed E-state index contributed by atoms with van der Waals surface area (Å²) in [7, 11) is 0. The van der Waals surface area contributed by atoms with Crippen molar-refractivity contribution in [3.05, 3.63) is 48.0 Å². The molecule has 0 nitrogen and oxygen atoms in total. The van der Waals surface area contributed by atoms with Gasteiger partial charge in [-0.3, -0.25) is 0 Å². The third kappa shape index (κ3) is 3.37. The van der Waals surface area contributed by atoms with Crippen LogP contribution in [0.5, 0.6) is 0 Å². The molecule has 0 heterocycles. The van der Waals surface area contributed by atoms with E-state index in [1.165, 1.54) is 11.1 Å². The standard InChI is InChI=1S/C14H20/c1-5-10-14(3,4)11-13-8-6-12(2)7-9-13/h5-9H,1,10-11H2,2-4H3. The fourth-order valence-corrected chi connectivity index (χ4v) is 1.72. The molecule has 0 aliphatic heterocycles. The van der Waals surface area contributed by atoms with Crippen molar-refractivity contribution in [3.8, 4) is 0 Å². The van der Waals surface area contributed by atoms with Gasteiger partial charge in [0.15, 0.2) is 0 Å². The molecule has 0 saturated carbocycles. The van der Waals surface area contributed by atoms with Crippen molar-refractivity contribution in [2.75, 3.05) is 0 Å². The van der Waals surface area contributed by atoms with Crippen LogP contribution in [-0.4, -0.2) is 0 Å². The average Bonchev–Trinajstić information content (AvgIpc) is 2.08. The molecule has 0 heteroatoms. The molecule has 0 radical (unpaired) electrons. The molecule has 0 fully saturated rings. The second kappa shape index (κ2) is 4.45. The van der Waals surface area contributed by atoms with Crippen LogP contribution in [0.4, 0.5) is 0 Å². The molecule has 14 heavy (non-hydrogen) atoms. The summed E-state index contributed by atoms with van der Waals surface area (Å²) in [5.41, 5.74) is 3.08. The normalized spacial score (nSPS) is 11.4. The summed E-state index contributed by atoms with van der Waals surface area (Å²) in [6.07, 6.45) is 4.20. The van der Waals surface area contributed by atoms with Gasteiger partial charge in [-0.05, 0) is 30.7 Å². The maximum Gasteiger partial charge on any atom is -0.0224 e. The van der Waals surface area contributed by atoms with Gasteiger partial charge in [-0.25, -0.2) is 0 Å². The molecule has 0 unspecified atom stereocenters. The summed E-state index contributed by atoms with van der Waals surface area (Å²) in [5.74, 6) is 0. The number of rotatable bonds is 4. The largest absolute Gasteiger partial charge is 0.103 e. The van der Waals surface area contributed by atoms with Crippen molar-refractivity contribution in [3.63, 3.8) is 0 Å². The van der Waals surface area contributed by atoms with Gasteiger partial charge in [0.1, 0.15) is 0 Å². The highest BCUT2D eigenvalue weighted by atomic mass is 14.2. The zero-order chi connectivity index (χ0) is 10.6. The van der Waals surface area contributed by atoms with E-state index in [-0.39, 0.29) is 0 Å². The van der Waals surface area contributed by atoms with E-state index in [1.54, 1.807) is 0 Å². The number of hydrogen-bond donors (Lipinski definition) is 0. The van der Waals surface area contributed by atoms with E-state index in [4.69, 9.17) is 0 Å². The molecule has 0 spiro atoms. The number of hydrogen-bond acceptors (Lipinski definition) is 0. The van der Waals surface area contributed by atoms with E-state index >= 15 is 0 Å². The summed E-state index contributed by atoms with van der Waals surface area (Å²) < 4.78 is 0. The molecule has 0 aliphatic rings. The Hall–Kier alpha value is -1.04. The minimum absolute atomic E-state index is 0.330. The monoisotopic (exact) mass is 188 g/mol. The molecule has 0 saturated heterocycles. The minimum Gasteiger partial charge on any atom is -0.103 e. The third-order valence-corrected chi connectivity index (χ3v) is 2.50. The van der Waals surface area contributed by atoms with Crippen molar-refractivity contribution < 1.29 is 0 Å². The second-order valence-corrected chi connectivity index (χ2v) is 4.82. The zero-order valence-corrected chi connectivity index (χ0v) is 9.51. The summed E-state index contributed by atoms with van der Waals surface area (Å²) in [6.45, 7) is 10.5. The van der Waals surface area contributed by atoms with Crippen molar-refractivity contribution in [2.45, 2.75) is 33.6 Å². The van der Waals surface area contributed by atoms with E-state index in [2.05, 4.69) is 51.6 Å². The molecule has 0 aliphatic carbocycles. The lowest BCUT2D eigenvalue weighted by Crippen LogP contribution is -2.13. The van der Waals surface area contributed by atoms with Gasteiger partial charge in [0, 0.05) is 0 Å². The summed E-state index contributed by atoms with van der Waals surface area (Å²) >= 11 is 0. The van der Waals surface area contributed by atoms with Gasteiger partial charge in [-0.1, -0.05) is 49.8 Å². The van der Waals surface area contributed by atoms with E-state index in [0.717, 1.165) is 12.8 Å². The molecular weight excluding hydrogens is 168 g/mol. The maximum atomic E-state index is 3.80. The lowest BCUT2D eigenvalue weighted by molar-refractivity contribution is 0.369. The van der Waals surface area contributed by atoms with Crippen LogP contribution in [0.2, 0.25) is 0 Å². The Labute approximate surface area is 87.7 Å². The predicted molar refractivity (Wildman–Crippen MR) is 63.5 cm³/mol. The Morgan fingerprint density at radius 1 is 1.21 bits per heavy atom. The fourth-order valence-electron chi connectivity index (χ4n) is 1.72. The first-order chi connectivity index (χ1) is 6.53. The molecule has 1 aromatic rings. The number of benzene rings is 1. The smallest absolute Gasteiger partial charge is 0.0224 e. The number of aryl methyl sites for hydroxylation is 1. The summed E-state index contributed by atoms with van der Waals surface area (Å²) in [4.78, 5) is 0. The van der Waals surface area contributed by atoms with E-state index in [1.807, 2.05) is 6.08 Å². The summed E-state index contributed by atoms with van der Waals surface area (Å²) in [6, 6.07) is 8.80. The van der Waals surface area contributed by atoms with Crippen LogP contribution in [0.15, 0.2) is 36.9 Å². The Kier molecular flexibility index (Phi) is 3.51. The van der Waals surface area contributed by atoms with E-state index in [9.17, 15) is 0 Å². The molecular formula is C14H20. The first-order valence-corrected chi connectivity index (χ1v) is 5.20. The molecule has 0 aromatic heterocycles. The number of allylic oxidation sites excluding steroid dienone is 1. The van der Waals surface area contributed by atoms with Crippen LogP contribution in [0.1, 0.15) is 31.4 Å². The topological polar surface area (TPSA) is 0 Å². The lowest BCUT2D eigenvalue weighted by Gasteiger charge is -2.22. The Balaban J connectivity index is 2.68. The van der Waals surface area contributed by atoms with Crippen LogP contribution >= 0.6 is 0 Å². The maximum absolute atomic E-state index is 3.80. The molecule has 76 valence electrons. The first-order valence-electron chi connectivity index (χ1n) is 5.20. The fraction of sp³-hybridized carbons (Fsp3) is 0.429. The van der Waals surface area contributed by atoms with Gasteiger partial charge in [0.25, 0.3) is 0 Å². The quantitative estimate of drug-likeness (QED) is 0.623. The van der Waals surface area contributed by atoms with Crippen LogP contribution in [0.3, 0.4) is 0 Å². The molecule has 1 aromatic carbocycles. The van der Waals surface area contributed by atoms with Crippen molar-refractivity contribution >= 4 is 0 Å². The molecule has 0 bridgehead atoms. The highest BCUT2D eigenvalue weighted by Crippen LogP contribution is 2.26. The lowest BCUT2D eigenvalue weighted by atomic mass is 9.83. The van der Waals surface area contributed by atoms with Crippen LogP contribution in [-0.2, 0) is 6.42 Å². The van der Waals surface area contributed by atoms with Gasteiger partial charge in [-0.2, -0.15) is 0 Å².